The minimum absolute atomic E-state index is 0.0711. The first-order valence-electron chi connectivity index (χ1n) is 11.3. The van der Waals surface area contributed by atoms with Crippen molar-refractivity contribution in [3.8, 4) is 11.8 Å². The highest BCUT2D eigenvalue weighted by molar-refractivity contribution is 5.99. The number of rotatable bonds is 6. The summed E-state index contributed by atoms with van der Waals surface area (Å²) in [5.74, 6) is 3.11. The van der Waals surface area contributed by atoms with Crippen molar-refractivity contribution in [2.45, 2.75) is 26.2 Å². The second-order valence-electron chi connectivity index (χ2n) is 8.00. The van der Waals surface area contributed by atoms with Crippen molar-refractivity contribution in [1.29, 1.82) is 0 Å². The number of hydrogen-bond acceptors (Lipinski definition) is 9. The van der Waals surface area contributed by atoms with Gasteiger partial charge in [-0.05, 0) is 13.0 Å². The molecule has 1 aromatic carbocycles. The summed E-state index contributed by atoms with van der Waals surface area (Å²) in [5.41, 5.74) is -0.169. The third kappa shape index (κ3) is 6.76. The van der Waals surface area contributed by atoms with Crippen LogP contribution in [0.5, 0.6) is 0 Å². The summed E-state index contributed by atoms with van der Waals surface area (Å²) < 4.78 is 34.5. The highest BCUT2D eigenvalue weighted by Gasteiger charge is 2.38. The predicted octanol–water partition coefficient (Wildman–Crippen LogP) is 1.45. The number of piperazine rings is 1. The van der Waals surface area contributed by atoms with Crippen LogP contribution in [0.15, 0.2) is 35.3 Å². The molecule has 0 aliphatic carbocycles. The molecule has 3 aromatic rings. The largest absolute Gasteiger partial charge is 0.490 e. The van der Waals surface area contributed by atoms with Gasteiger partial charge in [-0.25, -0.2) is 14.5 Å². The summed E-state index contributed by atoms with van der Waals surface area (Å²) in [7, 11) is 0. The smallest absolute Gasteiger partial charge is 0.475 e. The lowest BCUT2D eigenvalue weighted by Gasteiger charge is -2.28. The van der Waals surface area contributed by atoms with Crippen molar-refractivity contribution >= 4 is 34.4 Å². The topological polar surface area (TPSA) is 165 Å². The number of anilines is 1. The molecule has 206 valence electrons. The van der Waals surface area contributed by atoms with Gasteiger partial charge in [0.2, 0.25) is 5.95 Å². The maximum atomic E-state index is 13.3. The van der Waals surface area contributed by atoms with E-state index in [0.29, 0.717) is 17.0 Å². The number of carbonyl (C=O) groups excluding carboxylic acids is 1. The lowest BCUT2D eigenvalue weighted by Crippen LogP contribution is -2.44. The minimum atomic E-state index is -5.08. The summed E-state index contributed by atoms with van der Waals surface area (Å²) >= 11 is 0. The number of aliphatic carboxylic acids is 1. The number of fused-ring (bicyclic) bond motifs is 1. The zero-order valence-electron chi connectivity index (χ0n) is 20.4. The number of halogens is 3. The van der Waals surface area contributed by atoms with Gasteiger partial charge < -0.3 is 15.3 Å². The van der Waals surface area contributed by atoms with E-state index >= 15 is 0 Å². The highest BCUT2D eigenvalue weighted by atomic mass is 19.4. The molecule has 39 heavy (non-hydrogen) atoms. The fraction of sp³-hybridized carbons (Fsp3) is 0.348. The second-order valence-corrected chi connectivity index (χ2v) is 8.00. The molecule has 2 aromatic heterocycles. The van der Waals surface area contributed by atoms with Crippen molar-refractivity contribution < 1.29 is 32.8 Å². The number of hydrogen-bond donors (Lipinski definition) is 2. The molecule has 0 spiro atoms. The lowest BCUT2D eigenvalue weighted by molar-refractivity contribution is -0.385. The molecule has 1 fully saturated rings. The van der Waals surface area contributed by atoms with Crippen LogP contribution in [-0.4, -0.2) is 73.5 Å². The van der Waals surface area contributed by atoms with E-state index in [1.54, 1.807) is 11.5 Å². The summed E-state index contributed by atoms with van der Waals surface area (Å²) in [5, 5.41) is 25.8. The number of aromatic nitrogens is 4. The number of carboxylic acids is 1. The minimum Gasteiger partial charge on any atom is -0.475 e. The van der Waals surface area contributed by atoms with Gasteiger partial charge in [0.1, 0.15) is 17.6 Å². The quantitative estimate of drug-likeness (QED) is 0.199. The maximum Gasteiger partial charge on any atom is 0.490 e. The molecular formula is C23H22F3N7O6. The molecule has 0 radical (unpaired) electrons. The van der Waals surface area contributed by atoms with Crippen LogP contribution >= 0.6 is 0 Å². The van der Waals surface area contributed by atoms with Gasteiger partial charge in [0.05, 0.1) is 23.2 Å². The van der Waals surface area contributed by atoms with Crippen molar-refractivity contribution in [2.75, 3.05) is 31.1 Å². The Balaban J connectivity index is 0.000000532. The number of carbonyl (C=O) groups is 2. The number of para-hydroxylation sites is 1. The van der Waals surface area contributed by atoms with Crippen LogP contribution < -0.4 is 15.8 Å². The molecule has 0 amide bonds. The zero-order valence-corrected chi connectivity index (χ0v) is 20.4. The molecule has 0 bridgehead atoms. The Hall–Kier alpha value is -4.78. The highest BCUT2D eigenvalue weighted by Crippen LogP contribution is 2.21. The van der Waals surface area contributed by atoms with E-state index in [0.717, 1.165) is 30.9 Å². The van der Waals surface area contributed by atoms with Crippen LogP contribution in [0.4, 0.5) is 24.8 Å². The molecule has 2 N–H and O–H groups in total. The first-order valence-corrected chi connectivity index (χ1v) is 11.3. The average molecular weight is 549 g/mol. The van der Waals surface area contributed by atoms with Crippen molar-refractivity contribution in [1.82, 2.24) is 24.6 Å². The van der Waals surface area contributed by atoms with Gasteiger partial charge in [0, 0.05) is 32.2 Å². The molecule has 1 saturated heterocycles. The number of nitro groups is 1. The van der Waals surface area contributed by atoms with Gasteiger partial charge >= 0.3 is 12.1 Å². The Bertz CT molecular complexity index is 1510. The molecule has 4 rings (SSSR count). The van der Waals surface area contributed by atoms with E-state index in [2.05, 4.69) is 32.1 Å². The Morgan fingerprint density at radius 3 is 2.46 bits per heavy atom. The summed E-state index contributed by atoms with van der Waals surface area (Å²) in [4.78, 5) is 52.3. The van der Waals surface area contributed by atoms with Crippen molar-refractivity contribution in [3.63, 3.8) is 0 Å². The van der Waals surface area contributed by atoms with Crippen LogP contribution in [-0.2, 0) is 17.9 Å². The second kappa shape index (κ2) is 12.2. The predicted molar refractivity (Wildman–Crippen MR) is 131 cm³/mol. The van der Waals surface area contributed by atoms with E-state index in [1.165, 1.54) is 30.5 Å². The molecule has 16 heteroatoms. The Morgan fingerprint density at radius 2 is 1.87 bits per heavy atom. The number of nitrogens with zero attached hydrogens (tertiary/aromatic N) is 6. The van der Waals surface area contributed by atoms with Gasteiger partial charge in [-0.15, -0.1) is 5.92 Å². The number of nitro benzene ring substituents is 1. The standard InChI is InChI=1S/C21H21N7O4.C2HF3O2/c1-2-3-10-26-19-16(24-21(26)25-11-8-22-9-12-25)13-23-27(20(19)30)14-18(29)15-6-4-5-7-17(15)28(31)32;3-2(4,5)1(6)7/h4-7,13,22H,8-12,14H2,1H3;(H,6,7). The van der Waals surface area contributed by atoms with E-state index in [-0.39, 0.29) is 17.8 Å². The number of benzene rings is 1. The average Bonchev–Trinajstić information content (AvgIpc) is 3.28. The Morgan fingerprint density at radius 1 is 1.23 bits per heavy atom. The van der Waals surface area contributed by atoms with E-state index in [1.807, 2.05) is 0 Å². The summed E-state index contributed by atoms with van der Waals surface area (Å²) in [6, 6.07) is 5.65. The SMILES string of the molecule is CC#CCn1c(N2CCNCC2)nc2cnn(CC(=O)c3ccccc3[N+](=O)[O-])c(=O)c21.O=C(O)C(F)(F)F. The summed E-state index contributed by atoms with van der Waals surface area (Å²) in [6.45, 7) is 4.64. The molecule has 0 atom stereocenters. The van der Waals surface area contributed by atoms with Crippen LogP contribution in [0.25, 0.3) is 11.0 Å². The molecule has 13 nitrogen and oxygen atoms in total. The van der Waals surface area contributed by atoms with Gasteiger partial charge in [0.15, 0.2) is 5.78 Å². The Kier molecular flexibility index (Phi) is 8.99. The Labute approximate surface area is 218 Å². The van der Waals surface area contributed by atoms with Crippen LogP contribution in [0.1, 0.15) is 17.3 Å². The van der Waals surface area contributed by atoms with Crippen LogP contribution in [0.3, 0.4) is 0 Å². The van der Waals surface area contributed by atoms with Gasteiger partial charge in [-0.1, -0.05) is 18.1 Å². The number of alkyl halides is 3. The first-order chi connectivity index (χ1) is 18.5. The van der Waals surface area contributed by atoms with Crippen molar-refractivity contribution in [3.05, 3.63) is 56.5 Å². The molecule has 3 heterocycles. The molecule has 0 unspecified atom stereocenters. The van der Waals surface area contributed by atoms with E-state index in [9.17, 15) is 32.9 Å². The van der Waals surface area contributed by atoms with Gasteiger partial charge in [-0.3, -0.25) is 24.3 Å². The third-order valence-electron chi connectivity index (χ3n) is 5.48. The lowest BCUT2D eigenvalue weighted by atomic mass is 10.1. The molecule has 1 aliphatic rings. The van der Waals surface area contributed by atoms with E-state index in [4.69, 9.17) is 9.90 Å². The first kappa shape index (κ1) is 28.8. The maximum absolute atomic E-state index is 13.3. The fourth-order valence-electron chi connectivity index (χ4n) is 3.69. The van der Waals surface area contributed by atoms with E-state index < -0.39 is 35.0 Å². The summed E-state index contributed by atoms with van der Waals surface area (Å²) in [6.07, 6.45) is -3.65. The number of carboxylic acid groups (broad SMARTS) is 1. The monoisotopic (exact) mass is 549 g/mol. The molecule has 1 aliphatic heterocycles. The van der Waals surface area contributed by atoms with Crippen molar-refractivity contribution in [2.24, 2.45) is 0 Å². The number of nitrogens with one attached hydrogen (secondary N) is 1. The number of imidazole rings is 1. The molecule has 0 saturated carbocycles. The zero-order chi connectivity index (χ0) is 28.7. The fourth-order valence-corrected chi connectivity index (χ4v) is 3.69. The van der Waals surface area contributed by atoms with Crippen LogP contribution in [0, 0.1) is 22.0 Å². The normalized spacial score (nSPS) is 13.2. The van der Waals surface area contributed by atoms with Crippen LogP contribution in [0.2, 0.25) is 0 Å². The van der Waals surface area contributed by atoms with Gasteiger partial charge in [-0.2, -0.15) is 18.3 Å². The van der Waals surface area contributed by atoms with Gasteiger partial charge in [0.25, 0.3) is 11.2 Å². The number of Topliss-reactive ketones (excluding diaryl/α,β-unsaturated/α-hetero) is 1. The third-order valence-corrected chi connectivity index (χ3v) is 5.48. The number of ketones is 1. The molecular weight excluding hydrogens is 527 g/mol.